The number of aromatic nitrogens is 2. The zero-order valence-corrected chi connectivity index (χ0v) is 9.17. The monoisotopic (exact) mass is 208 g/mol. The first kappa shape index (κ1) is 8.72. The smallest absolute Gasteiger partial charge is 0.174 e. The van der Waals surface area contributed by atoms with Crippen LogP contribution >= 0.6 is 12.2 Å². The number of hydrogen-bond donors (Lipinski definition) is 2. The fourth-order valence-corrected chi connectivity index (χ4v) is 3.50. The first-order valence-electron chi connectivity index (χ1n) is 5.62. The summed E-state index contributed by atoms with van der Waals surface area (Å²) >= 11 is 5.16. The van der Waals surface area contributed by atoms with Gasteiger partial charge in [-0.2, -0.15) is 0 Å². The Bertz CT molecular complexity index is 396. The van der Waals surface area contributed by atoms with Gasteiger partial charge in [0.2, 0.25) is 0 Å². The highest BCUT2D eigenvalue weighted by Crippen LogP contribution is 2.47. The number of hydrogen-bond acceptors (Lipinski definition) is 1. The van der Waals surface area contributed by atoms with Crippen LogP contribution in [0.4, 0.5) is 0 Å². The van der Waals surface area contributed by atoms with E-state index in [9.17, 15) is 0 Å². The summed E-state index contributed by atoms with van der Waals surface area (Å²) in [5, 5.41) is 0. The van der Waals surface area contributed by atoms with Crippen LogP contribution in [0.25, 0.3) is 0 Å². The first-order valence-corrected chi connectivity index (χ1v) is 6.03. The number of imidazole rings is 1. The van der Waals surface area contributed by atoms with E-state index in [4.69, 9.17) is 12.2 Å². The third-order valence-corrected chi connectivity index (χ3v) is 4.20. The summed E-state index contributed by atoms with van der Waals surface area (Å²) in [5.74, 6) is 0. The Labute approximate surface area is 89.1 Å². The second-order valence-electron chi connectivity index (χ2n) is 4.77. The molecule has 0 bridgehead atoms. The van der Waals surface area contributed by atoms with Crippen LogP contribution in [0.1, 0.15) is 49.9 Å². The van der Waals surface area contributed by atoms with E-state index in [0.717, 1.165) is 4.77 Å². The van der Waals surface area contributed by atoms with Crippen LogP contribution in [0.3, 0.4) is 0 Å². The molecular formula is C11H16N2S. The summed E-state index contributed by atoms with van der Waals surface area (Å²) in [6.45, 7) is 0. The second kappa shape index (κ2) is 2.96. The van der Waals surface area contributed by atoms with Crippen molar-refractivity contribution in [2.45, 2.75) is 50.4 Å². The Morgan fingerprint density at radius 1 is 1.00 bits per heavy atom. The van der Waals surface area contributed by atoms with Gasteiger partial charge >= 0.3 is 0 Å². The number of rotatable bonds is 0. The number of aryl methyl sites for hydroxylation is 1. The van der Waals surface area contributed by atoms with E-state index in [1.54, 1.807) is 0 Å². The van der Waals surface area contributed by atoms with Gasteiger partial charge in [-0.3, -0.25) is 0 Å². The van der Waals surface area contributed by atoms with Gasteiger partial charge in [-0.15, -0.1) is 0 Å². The average Bonchev–Trinajstić information content (AvgIpc) is 2.70. The molecule has 0 saturated heterocycles. The van der Waals surface area contributed by atoms with Crippen LogP contribution in [0.5, 0.6) is 0 Å². The van der Waals surface area contributed by atoms with Gasteiger partial charge < -0.3 is 9.97 Å². The molecule has 0 unspecified atom stereocenters. The highest BCUT2D eigenvalue weighted by Gasteiger charge is 2.40. The van der Waals surface area contributed by atoms with Crippen molar-refractivity contribution in [1.29, 1.82) is 0 Å². The van der Waals surface area contributed by atoms with Crippen LogP contribution in [-0.2, 0) is 11.8 Å². The third-order valence-electron chi connectivity index (χ3n) is 4.00. The quantitative estimate of drug-likeness (QED) is 0.630. The molecule has 2 aliphatic carbocycles. The largest absolute Gasteiger partial charge is 0.334 e. The molecule has 14 heavy (non-hydrogen) atoms. The molecule has 1 fully saturated rings. The fourth-order valence-electron chi connectivity index (χ4n) is 3.28. The third kappa shape index (κ3) is 1.11. The molecule has 2 aliphatic rings. The minimum atomic E-state index is 0.473. The summed E-state index contributed by atoms with van der Waals surface area (Å²) in [5.41, 5.74) is 3.31. The lowest BCUT2D eigenvalue weighted by atomic mass is 9.72. The van der Waals surface area contributed by atoms with Gasteiger partial charge in [-0.25, -0.2) is 0 Å². The minimum absolute atomic E-state index is 0.473. The van der Waals surface area contributed by atoms with Crippen LogP contribution in [0, 0.1) is 4.77 Å². The Hall–Kier alpha value is -0.570. The number of H-pyrrole nitrogens is 2. The molecule has 1 aromatic heterocycles. The molecule has 0 aromatic carbocycles. The van der Waals surface area contributed by atoms with E-state index in [0.29, 0.717) is 5.41 Å². The molecule has 0 atom stereocenters. The predicted molar refractivity (Wildman–Crippen MR) is 59.1 cm³/mol. The van der Waals surface area contributed by atoms with Crippen molar-refractivity contribution in [3.8, 4) is 0 Å². The fraction of sp³-hybridized carbons (Fsp3) is 0.727. The second-order valence-corrected chi connectivity index (χ2v) is 5.18. The summed E-state index contributed by atoms with van der Waals surface area (Å²) in [6.07, 6.45) is 9.47. The van der Waals surface area contributed by atoms with E-state index in [-0.39, 0.29) is 0 Å². The van der Waals surface area contributed by atoms with E-state index in [1.807, 2.05) is 0 Å². The van der Waals surface area contributed by atoms with E-state index >= 15 is 0 Å². The molecule has 3 rings (SSSR count). The number of aromatic amines is 2. The molecular weight excluding hydrogens is 192 g/mol. The molecule has 3 heteroatoms. The van der Waals surface area contributed by atoms with Crippen molar-refractivity contribution in [3.05, 3.63) is 16.2 Å². The van der Waals surface area contributed by atoms with Gasteiger partial charge in [-0.1, -0.05) is 19.3 Å². The predicted octanol–water partition coefficient (Wildman–Crippen LogP) is 3.22. The van der Waals surface area contributed by atoms with Crippen molar-refractivity contribution < 1.29 is 0 Å². The van der Waals surface area contributed by atoms with Gasteiger partial charge in [0.15, 0.2) is 4.77 Å². The summed E-state index contributed by atoms with van der Waals surface area (Å²) in [6, 6.07) is 0. The molecule has 1 heterocycles. The van der Waals surface area contributed by atoms with Gasteiger partial charge in [0.1, 0.15) is 0 Å². The lowest BCUT2D eigenvalue weighted by Crippen LogP contribution is -2.26. The molecule has 1 saturated carbocycles. The summed E-state index contributed by atoms with van der Waals surface area (Å²) in [7, 11) is 0. The maximum absolute atomic E-state index is 5.16. The van der Waals surface area contributed by atoms with Crippen LogP contribution < -0.4 is 0 Å². The summed E-state index contributed by atoms with van der Waals surface area (Å²) in [4.78, 5) is 6.66. The van der Waals surface area contributed by atoms with Crippen molar-refractivity contribution in [2.75, 3.05) is 0 Å². The SMILES string of the molecule is S=c1[nH]c2c([nH]1)C1(CCCCC1)CC2. The normalized spacial score (nSPS) is 24.0. The first-order chi connectivity index (χ1) is 6.80. The Balaban J connectivity index is 2.06. The van der Waals surface area contributed by atoms with E-state index in [2.05, 4.69) is 9.97 Å². The van der Waals surface area contributed by atoms with Gasteiger partial charge in [0, 0.05) is 16.8 Å². The zero-order valence-electron chi connectivity index (χ0n) is 8.36. The molecule has 76 valence electrons. The van der Waals surface area contributed by atoms with Gasteiger partial charge in [0.25, 0.3) is 0 Å². The molecule has 2 N–H and O–H groups in total. The number of fused-ring (bicyclic) bond motifs is 2. The highest BCUT2D eigenvalue weighted by molar-refractivity contribution is 7.71. The van der Waals surface area contributed by atoms with Crippen LogP contribution in [0.15, 0.2) is 0 Å². The van der Waals surface area contributed by atoms with Crippen molar-refractivity contribution in [2.24, 2.45) is 0 Å². The van der Waals surface area contributed by atoms with E-state index in [1.165, 1.54) is 56.3 Å². The van der Waals surface area contributed by atoms with E-state index < -0.39 is 0 Å². The Morgan fingerprint density at radius 3 is 2.57 bits per heavy atom. The highest BCUT2D eigenvalue weighted by atomic mass is 32.1. The van der Waals surface area contributed by atoms with Crippen molar-refractivity contribution >= 4 is 12.2 Å². The maximum atomic E-state index is 5.16. The summed E-state index contributed by atoms with van der Waals surface area (Å²) < 4.78 is 0.819. The molecule has 1 aromatic rings. The number of nitrogens with one attached hydrogen (secondary N) is 2. The molecule has 2 nitrogen and oxygen atoms in total. The topological polar surface area (TPSA) is 31.6 Å². The lowest BCUT2D eigenvalue weighted by Gasteiger charge is -2.33. The molecule has 1 spiro atoms. The van der Waals surface area contributed by atoms with Crippen LogP contribution in [0.2, 0.25) is 0 Å². The molecule has 0 radical (unpaired) electrons. The Morgan fingerprint density at radius 2 is 1.79 bits per heavy atom. The van der Waals surface area contributed by atoms with Gasteiger partial charge in [-0.05, 0) is 37.9 Å². The zero-order chi connectivity index (χ0) is 9.60. The van der Waals surface area contributed by atoms with Crippen molar-refractivity contribution in [3.63, 3.8) is 0 Å². The Kier molecular flexibility index (Phi) is 1.84. The maximum Gasteiger partial charge on any atom is 0.174 e. The molecule has 0 aliphatic heterocycles. The minimum Gasteiger partial charge on any atom is -0.334 e. The van der Waals surface area contributed by atoms with Crippen molar-refractivity contribution in [1.82, 2.24) is 9.97 Å². The van der Waals surface area contributed by atoms with Crippen LogP contribution in [-0.4, -0.2) is 9.97 Å². The molecule has 0 amide bonds. The standard InChI is InChI=1S/C11H16N2S/c14-10-12-8-4-7-11(9(8)13-10)5-2-1-3-6-11/h1-7H2,(H2,12,13,14). The average molecular weight is 208 g/mol. The van der Waals surface area contributed by atoms with Gasteiger partial charge in [0.05, 0.1) is 0 Å². The lowest BCUT2D eigenvalue weighted by molar-refractivity contribution is 0.286.